The van der Waals surface area contributed by atoms with Crippen LogP contribution in [0.3, 0.4) is 0 Å². The van der Waals surface area contributed by atoms with Crippen molar-refractivity contribution in [3.8, 4) is 0 Å². The molecule has 1 saturated carbocycles. The van der Waals surface area contributed by atoms with Crippen LogP contribution < -0.4 is 10.6 Å². The third kappa shape index (κ3) is 6.02. The standard InChI is InChI=1S/C20H31N5O/c1-2-21-20(23-12-6-14-26-15-17-9-10-17)22-11-5-13-25-16-24-18-7-3-4-8-19(18)25/h3-4,7-8,16-17H,2,5-6,9-15H2,1H3,(H2,21,22,23). The number of nitrogens with zero attached hydrogens (tertiary/aromatic N) is 3. The Morgan fingerprint density at radius 1 is 1.27 bits per heavy atom. The number of hydrogen-bond acceptors (Lipinski definition) is 3. The summed E-state index contributed by atoms with van der Waals surface area (Å²) in [6.07, 6.45) is 6.62. The first-order chi connectivity index (χ1) is 12.9. The van der Waals surface area contributed by atoms with Gasteiger partial charge in [-0.25, -0.2) is 4.98 Å². The van der Waals surface area contributed by atoms with Crippen LogP contribution in [-0.2, 0) is 11.3 Å². The lowest BCUT2D eigenvalue weighted by molar-refractivity contribution is 0.123. The van der Waals surface area contributed by atoms with Gasteiger partial charge < -0.3 is 19.9 Å². The van der Waals surface area contributed by atoms with Crippen molar-refractivity contribution >= 4 is 17.0 Å². The Morgan fingerprint density at radius 3 is 3.00 bits per heavy atom. The summed E-state index contributed by atoms with van der Waals surface area (Å²) in [5, 5.41) is 6.69. The second-order valence-corrected chi connectivity index (χ2v) is 6.84. The van der Waals surface area contributed by atoms with E-state index in [1.807, 2.05) is 18.5 Å². The minimum atomic E-state index is 0.792. The second-order valence-electron chi connectivity index (χ2n) is 6.84. The van der Waals surface area contributed by atoms with E-state index in [1.165, 1.54) is 18.4 Å². The monoisotopic (exact) mass is 357 g/mol. The molecule has 0 saturated heterocycles. The third-order valence-electron chi connectivity index (χ3n) is 4.51. The summed E-state index contributed by atoms with van der Waals surface area (Å²) in [5.74, 6) is 1.74. The SMILES string of the molecule is CCNC(=NCCCn1cnc2ccccc21)NCCCOCC1CC1. The molecule has 1 aliphatic rings. The molecule has 2 N–H and O–H groups in total. The molecule has 0 atom stereocenters. The Morgan fingerprint density at radius 2 is 2.15 bits per heavy atom. The van der Waals surface area contributed by atoms with Gasteiger partial charge in [0.15, 0.2) is 5.96 Å². The van der Waals surface area contributed by atoms with E-state index in [-0.39, 0.29) is 0 Å². The van der Waals surface area contributed by atoms with Gasteiger partial charge in [-0.2, -0.15) is 0 Å². The summed E-state index contributed by atoms with van der Waals surface area (Å²) >= 11 is 0. The summed E-state index contributed by atoms with van der Waals surface area (Å²) in [4.78, 5) is 9.10. The quantitative estimate of drug-likeness (QED) is 0.369. The van der Waals surface area contributed by atoms with E-state index in [4.69, 9.17) is 4.74 Å². The van der Waals surface area contributed by atoms with Gasteiger partial charge in [0.05, 0.1) is 17.4 Å². The minimum Gasteiger partial charge on any atom is -0.381 e. The number of aryl methyl sites for hydroxylation is 1. The van der Waals surface area contributed by atoms with E-state index < -0.39 is 0 Å². The Kier molecular flexibility index (Phi) is 7.31. The van der Waals surface area contributed by atoms with Crippen LogP contribution in [-0.4, -0.2) is 48.4 Å². The molecule has 3 rings (SSSR count). The number of guanidine groups is 1. The third-order valence-corrected chi connectivity index (χ3v) is 4.51. The van der Waals surface area contributed by atoms with Gasteiger partial charge in [-0.05, 0) is 50.7 Å². The van der Waals surface area contributed by atoms with Gasteiger partial charge in [-0.3, -0.25) is 4.99 Å². The number of rotatable bonds is 11. The molecule has 142 valence electrons. The van der Waals surface area contributed by atoms with Gasteiger partial charge in [0, 0.05) is 39.4 Å². The maximum Gasteiger partial charge on any atom is 0.191 e. The fourth-order valence-electron chi connectivity index (χ4n) is 2.88. The molecule has 6 nitrogen and oxygen atoms in total. The number of aliphatic imine (C=N–C) groups is 1. The molecule has 26 heavy (non-hydrogen) atoms. The molecular weight excluding hydrogens is 326 g/mol. The first-order valence-corrected chi connectivity index (χ1v) is 9.86. The molecule has 1 aliphatic carbocycles. The minimum absolute atomic E-state index is 0.792. The van der Waals surface area contributed by atoms with Crippen molar-refractivity contribution in [1.29, 1.82) is 0 Å². The van der Waals surface area contributed by atoms with Crippen LogP contribution >= 0.6 is 0 Å². The Balaban J connectivity index is 1.34. The van der Waals surface area contributed by atoms with Crippen LogP contribution in [0.5, 0.6) is 0 Å². The number of para-hydroxylation sites is 2. The van der Waals surface area contributed by atoms with E-state index >= 15 is 0 Å². The number of aromatic nitrogens is 2. The predicted octanol–water partition coefficient (Wildman–Crippen LogP) is 2.80. The molecule has 1 aromatic heterocycles. The van der Waals surface area contributed by atoms with Gasteiger partial charge in [0.2, 0.25) is 0 Å². The molecule has 1 fully saturated rings. The molecule has 0 amide bonds. The maximum absolute atomic E-state index is 5.67. The lowest BCUT2D eigenvalue weighted by Crippen LogP contribution is -2.38. The number of nitrogens with one attached hydrogen (secondary N) is 2. The van der Waals surface area contributed by atoms with Crippen LogP contribution in [0.2, 0.25) is 0 Å². The molecule has 1 heterocycles. The molecule has 2 aromatic rings. The zero-order chi connectivity index (χ0) is 18.0. The van der Waals surface area contributed by atoms with Crippen molar-refractivity contribution in [3.63, 3.8) is 0 Å². The van der Waals surface area contributed by atoms with Crippen LogP contribution in [0, 0.1) is 5.92 Å². The second kappa shape index (κ2) is 10.2. The van der Waals surface area contributed by atoms with Crippen LogP contribution in [0.25, 0.3) is 11.0 Å². The molecule has 0 aliphatic heterocycles. The highest BCUT2D eigenvalue weighted by molar-refractivity contribution is 5.79. The smallest absolute Gasteiger partial charge is 0.191 e. The van der Waals surface area contributed by atoms with Gasteiger partial charge in [-0.1, -0.05) is 12.1 Å². The Hall–Kier alpha value is -2.08. The zero-order valence-corrected chi connectivity index (χ0v) is 15.8. The largest absolute Gasteiger partial charge is 0.381 e. The highest BCUT2D eigenvalue weighted by Crippen LogP contribution is 2.28. The van der Waals surface area contributed by atoms with E-state index in [2.05, 4.69) is 44.2 Å². The molecule has 0 unspecified atom stereocenters. The highest BCUT2D eigenvalue weighted by atomic mass is 16.5. The van der Waals surface area contributed by atoms with Crippen molar-refractivity contribution in [2.24, 2.45) is 10.9 Å². The number of fused-ring (bicyclic) bond motifs is 1. The van der Waals surface area contributed by atoms with Crippen molar-refractivity contribution < 1.29 is 4.74 Å². The van der Waals surface area contributed by atoms with E-state index in [1.54, 1.807) is 0 Å². The van der Waals surface area contributed by atoms with Gasteiger partial charge in [0.1, 0.15) is 0 Å². The van der Waals surface area contributed by atoms with Gasteiger partial charge in [0.25, 0.3) is 0 Å². The van der Waals surface area contributed by atoms with E-state index in [0.29, 0.717) is 0 Å². The fraction of sp³-hybridized carbons (Fsp3) is 0.600. The molecule has 1 aromatic carbocycles. The van der Waals surface area contributed by atoms with Crippen molar-refractivity contribution in [2.75, 3.05) is 32.8 Å². The maximum atomic E-state index is 5.67. The summed E-state index contributed by atoms with van der Waals surface area (Å²) in [6.45, 7) is 7.35. The average molecular weight is 358 g/mol. The first kappa shape index (κ1) is 18.7. The summed E-state index contributed by atoms with van der Waals surface area (Å²) in [5.41, 5.74) is 2.24. The Labute approximate surface area is 156 Å². The number of hydrogen-bond donors (Lipinski definition) is 2. The van der Waals surface area contributed by atoms with Crippen LogP contribution in [0.15, 0.2) is 35.6 Å². The van der Waals surface area contributed by atoms with E-state index in [9.17, 15) is 0 Å². The zero-order valence-electron chi connectivity index (χ0n) is 15.8. The van der Waals surface area contributed by atoms with Crippen LogP contribution in [0.4, 0.5) is 0 Å². The van der Waals surface area contributed by atoms with E-state index in [0.717, 1.165) is 69.6 Å². The van der Waals surface area contributed by atoms with Crippen molar-refractivity contribution in [2.45, 2.75) is 39.2 Å². The van der Waals surface area contributed by atoms with Crippen molar-refractivity contribution in [1.82, 2.24) is 20.2 Å². The molecule has 6 heteroatoms. The molecule has 0 spiro atoms. The topological polar surface area (TPSA) is 63.5 Å². The number of imidazole rings is 1. The number of benzene rings is 1. The highest BCUT2D eigenvalue weighted by Gasteiger charge is 2.20. The summed E-state index contributed by atoms with van der Waals surface area (Å²) in [6, 6.07) is 8.24. The predicted molar refractivity (Wildman–Crippen MR) is 106 cm³/mol. The van der Waals surface area contributed by atoms with Gasteiger partial charge >= 0.3 is 0 Å². The average Bonchev–Trinajstić information content (AvgIpc) is 3.40. The fourth-order valence-corrected chi connectivity index (χ4v) is 2.88. The summed E-state index contributed by atoms with van der Waals surface area (Å²) in [7, 11) is 0. The Bertz CT molecular complexity index is 692. The normalized spacial score (nSPS) is 14.7. The van der Waals surface area contributed by atoms with Crippen molar-refractivity contribution in [3.05, 3.63) is 30.6 Å². The lowest BCUT2D eigenvalue weighted by atomic mass is 10.3. The first-order valence-electron chi connectivity index (χ1n) is 9.86. The van der Waals surface area contributed by atoms with Crippen LogP contribution in [0.1, 0.15) is 32.6 Å². The summed E-state index contributed by atoms with van der Waals surface area (Å²) < 4.78 is 7.86. The molecule has 0 radical (unpaired) electrons. The number of ether oxygens (including phenoxy) is 1. The lowest BCUT2D eigenvalue weighted by Gasteiger charge is -2.11. The molecular formula is C20H31N5O. The van der Waals surface area contributed by atoms with Gasteiger partial charge in [-0.15, -0.1) is 0 Å². The molecule has 0 bridgehead atoms.